The quantitative estimate of drug-likeness (QED) is 0.927. The number of hydrogen-bond acceptors (Lipinski definition) is 2. The van der Waals surface area contributed by atoms with Gasteiger partial charge in [0.05, 0.1) is 0 Å². The molecule has 0 aliphatic rings. The number of hydrogen-bond donors (Lipinski definition) is 1. The zero-order valence-corrected chi connectivity index (χ0v) is 11.7. The van der Waals surface area contributed by atoms with Crippen LogP contribution in [-0.4, -0.2) is 16.1 Å². The van der Waals surface area contributed by atoms with Crippen molar-refractivity contribution in [3.63, 3.8) is 0 Å². The van der Waals surface area contributed by atoms with Gasteiger partial charge in [0, 0.05) is 16.1 Å². The number of aromatic nitrogens is 1. The minimum atomic E-state index is -0.986. The van der Waals surface area contributed by atoms with Gasteiger partial charge < -0.3 is 5.11 Å². The Bertz CT molecular complexity index is 596. The summed E-state index contributed by atoms with van der Waals surface area (Å²) in [5, 5.41) is 10.8. The number of fused-ring (bicyclic) bond motifs is 1. The molecular formula is C14H14BrNO2. The first-order chi connectivity index (χ1) is 8.63. The van der Waals surface area contributed by atoms with Gasteiger partial charge in [-0.05, 0) is 45.8 Å². The van der Waals surface area contributed by atoms with Crippen molar-refractivity contribution in [2.75, 3.05) is 0 Å². The van der Waals surface area contributed by atoms with E-state index in [4.69, 9.17) is 5.11 Å². The van der Waals surface area contributed by atoms with Crippen LogP contribution >= 0.6 is 15.9 Å². The van der Waals surface area contributed by atoms with Crippen LogP contribution < -0.4 is 0 Å². The van der Waals surface area contributed by atoms with E-state index in [1.54, 1.807) is 0 Å². The third-order valence-corrected chi connectivity index (χ3v) is 3.56. The van der Waals surface area contributed by atoms with Crippen LogP contribution in [0.3, 0.4) is 0 Å². The molecular weight excluding hydrogens is 294 g/mol. The summed E-state index contributed by atoms with van der Waals surface area (Å²) in [6.45, 7) is 2.14. The van der Waals surface area contributed by atoms with Crippen molar-refractivity contribution in [1.29, 1.82) is 0 Å². The zero-order valence-electron chi connectivity index (χ0n) is 10.1. The van der Waals surface area contributed by atoms with E-state index in [1.165, 1.54) is 6.20 Å². The van der Waals surface area contributed by atoms with Crippen molar-refractivity contribution in [2.45, 2.75) is 26.2 Å². The number of carbonyl (C=O) groups is 1. The van der Waals surface area contributed by atoms with Gasteiger partial charge in [0.2, 0.25) is 0 Å². The molecule has 0 fully saturated rings. The molecule has 4 heteroatoms. The lowest BCUT2D eigenvalue weighted by atomic mass is 10.0. The first-order valence-electron chi connectivity index (χ1n) is 5.94. The Morgan fingerprint density at radius 1 is 1.39 bits per heavy atom. The van der Waals surface area contributed by atoms with Crippen LogP contribution in [0.15, 0.2) is 28.9 Å². The topological polar surface area (TPSA) is 50.2 Å². The molecule has 0 amide bonds. The summed E-state index contributed by atoms with van der Waals surface area (Å²) in [4.78, 5) is 15.2. The second-order valence-electron chi connectivity index (χ2n) is 4.24. The average Bonchev–Trinajstić information content (AvgIpc) is 2.36. The summed E-state index contributed by atoms with van der Waals surface area (Å²) in [5.41, 5.74) is 1.28. The van der Waals surface area contributed by atoms with Crippen LogP contribution in [0, 0.1) is 0 Å². The van der Waals surface area contributed by atoms with Gasteiger partial charge in [0.1, 0.15) is 0 Å². The molecule has 0 spiro atoms. The van der Waals surface area contributed by atoms with E-state index in [1.807, 2.05) is 18.2 Å². The first-order valence-corrected chi connectivity index (χ1v) is 6.73. The van der Waals surface area contributed by atoms with Crippen molar-refractivity contribution >= 4 is 32.7 Å². The fraction of sp³-hybridized carbons (Fsp3) is 0.286. The number of rotatable bonds is 4. The molecule has 18 heavy (non-hydrogen) atoms. The smallest absolute Gasteiger partial charge is 0.355 e. The van der Waals surface area contributed by atoms with Crippen molar-refractivity contribution < 1.29 is 9.90 Å². The van der Waals surface area contributed by atoms with Crippen LogP contribution in [0.2, 0.25) is 0 Å². The van der Waals surface area contributed by atoms with Gasteiger partial charge in [-0.2, -0.15) is 0 Å². The molecule has 1 heterocycles. The third-order valence-electron chi connectivity index (χ3n) is 2.92. The summed E-state index contributed by atoms with van der Waals surface area (Å²) in [7, 11) is 0. The summed E-state index contributed by atoms with van der Waals surface area (Å²) in [6, 6.07) is 5.94. The number of unbranched alkanes of at least 4 members (excludes halogenated alkanes) is 1. The van der Waals surface area contributed by atoms with E-state index in [2.05, 4.69) is 27.8 Å². The molecule has 0 aliphatic heterocycles. The largest absolute Gasteiger partial charge is 0.476 e. The minimum absolute atomic E-state index is 0.117. The summed E-state index contributed by atoms with van der Waals surface area (Å²) < 4.78 is 0.824. The number of halogens is 1. The van der Waals surface area contributed by atoms with Crippen molar-refractivity contribution in [2.24, 2.45) is 0 Å². The molecule has 1 aromatic heterocycles. The van der Waals surface area contributed by atoms with Crippen LogP contribution in [0.1, 0.15) is 35.8 Å². The second kappa shape index (κ2) is 5.48. The molecule has 1 aromatic carbocycles. The number of pyridine rings is 1. The molecule has 1 N–H and O–H groups in total. The molecule has 2 rings (SSSR count). The van der Waals surface area contributed by atoms with Gasteiger partial charge in [-0.15, -0.1) is 0 Å². The predicted molar refractivity (Wildman–Crippen MR) is 75.0 cm³/mol. The molecule has 0 saturated heterocycles. The second-order valence-corrected chi connectivity index (χ2v) is 5.10. The molecule has 0 atom stereocenters. The Hall–Kier alpha value is -1.42. The molecule has 0 bridgehead atoms. The highest BCUT2D eigenvalue weighted by Gasteiger charge is 2.12. The number of nitrogens with zero attached hydrogens (tertiary/aromatic N) is 1. The highest BCUT2D eigenvalue weighted by molar-refractivity contribution is 9.10. The predicted octanol–water partition coefficient (Wildman–Crippen LogP) is 4.04. The van der Waals surface area contributed by atoms with Crippen LogP contribution in [-0.2, 0) is 6.42 Å². The van der Waals surface area contributed by atoms with E-state index in [0.29, 0.717) is 5.39 Å². The normalized spacial score (nSPS) is 10.8. The van der Waals surface area contributed by atoms with E-state index in [0.717, 1.165) is 34.7 Å². The van der Waals surface area contributed by atoms with Gasteiger partial charge in [0.15, 0.2) is 5.69 Å². The Kier molecular flexibility index (Phi) is 3.97. The highest BCUT2D eigenvalue weighted by atomic mass is 79.9. The van der Waals surface area contributed by atoms with E-state index < -0.39 is 5.97 Å². The van der Waals surface area contributed by atoms with E-state index in [9.17, 15) is 4.79 Å². The average molecular weight is 308 g/mol. The summed E-state index contributed by atoms with van der Waals surface area (Å²) >= 11 is 3.40. The lowest BCUT2D eigenvalue weighted by Crippen LogP contribution is -2.02. The number of aromatic carboxylic acids is 1. The Morgan fingerprint density at radius 3 is 2.83 bits per heavy atom. The van der Waals surface area contributed by atoms with E-state index >= 15 is 0 Å². The van der Waals surface area contributed by atoms with Gasteiger partial charge >= 0.3 is 5.97 Å². The molecule has 0 aliphatic carbocycles. The summed E-state index contributed by atoms with van der Waals surface area (Å²) in [6.07, 6.45) is 4.74. The van der Waals surface area contributed by atoms with Crippen molar-refractivity contribution in [1.82, 2.24) is 4.98 Å². The maximum atomic E-state index is 11.2. The molecule has 3 nitrogen and oxygen atoms in total. The van der Waals surface area contributed by atoms with Gasteiger partial charge in [-0.3, -0.25) is 0 Å². The molecule has 0 saturated carbocycles. The lowest BCUT2D eigenvalue weighted by Gasteiger charge is -2.07. The molecule has 0 radical (unpaired) electrons. The highest BCUT2D eigenvalue weighted by Crippen LogP contribution is 2.26. The monoisotopic (exact) mass is 307 g/mol. The van der Waals surface area contributed by atoms with Crippen LogP contribution in [0.5, 0.6) is 0 Å². The van der Waals surface area contributed by atoms with Gasteiger partial charge in [-0.25, -0.2) is 9.78 Å². The fourth-order valence-electron chi connectivity index (χ4n) is 1.96. The Morgan fingerprint density at radius 2 is 2.17 bits per heavy atom. The Balaban J connectivity index is 2.58. The molecule has 0 unspecified atom stereocenters. The van der Waals surface area contributed by atoms with Crippen molar-refractivity contribution in [3.8, 4) is 0 Å². The number of carboxylic acid groups (broad SMARTS) is 1. The third kappa shape index (κ3) is 2.53. The maximum absolute atomic E-state index is 11.2. The van der Waals surface area contributed by atoms with Gasteiger partial charge in [-0.1, -0.05) is 25.5 Å². The molecule has 94 valence electrons. The number of benzene rings is 1. The minimum Gasteiger partial charge on any atom is -0.476 e. The standard InChI is InChI=1S/C14H14BrNO2/c1-2-3-4-9-5-6-10-11(7-9)13(14(17)18)16-8-12(10)15/h5-8H,2-4H2,1H3,(H,17,18). The van der Waals surface area contributed by atoms with E-state index in [-0.39, 0.29) is 5.69 Å². The molecule has 2 aromatic rings. The lowest BCUT2D eigenvalue weighted by molar-refractivity contribution is 0.0693. The summed E-state index contributed by atoms with van der Waals surface area (Å²) in [5.74, 6) is -0.986. The Labute approximate surface area is 114 Å². The maximum Gasteiger partial charge on any atom is 0.355 e. The fourth-order valence-corrected chi connectivity index (χ4v) is 2.41. The zero-order chi connectivity index (χ0) is 13.1. The first kappa shape index (κ1) is 13.0. The number of carboxylic acids is 1. The van der Waals surface area contributed by atoms with Gasteiger partial charge in [0.25, 0.3) is 0 Å². The van der Waals surface area contributed by atoms with Crippen LogP contribution in [0.25, 0.3) is 10.8 Å². The van der Waals surface area contributed by atoms with Crippen molar-refractivity contribution in [3.05, 3.63) is 40.1 Å². The SMILES string of the molecule is CCCCc1ccc2c(Br)cnc(C(=O)O)c2c1. The van der Waals surface area contributed by atoms with Crippen LogP contribution in [0.4, 0.5) is 0 Å². The number of aryl methyl sites for hydroxylation is 1.